The van der Waals surface area contributed by atoms with E-state index in [1.54, 1.807) is 0 Å². The van der Waals surface area contributed by atoms with Crippen molar-refractivity contribution in [2.75, 3.05) is 4.90 Å². The largest absolute Gasteiger partial charge is 0.310 e. The highest BCUT2D eigenvalue weighted by atomic mass is 15.2. The molecular weight excluding hydrogens is 254 g/mol. The van der Waals surface area contributed by atoms with Crippen molar-refractivity contribution in [3.63, 3.8) is 0 Å². The van der Waals surface area contributed by atoms with Crippen LogP contribution in [0.15, 0.2) is 72.8 Å². The molecule has 102 valence electrons. The number of rotatable bonds is 1. The second kappa shape index (κ2) is 4.78. The predicted octanol–water partition coefficient (Wildman–Crippen LogP) is 5.37. The van der Waals surface area contributed by atoms with Crippen molar-refractivity contribution in [3.8, 4) is 0 Å². The summed E-state index contributed by atoms with van der Waals surface area (Å²) in [5.74, 6) is 0. The van der Waals surface area contributed by atoms with Gasteiger partial charge in [-0.15, -0.1) is 0 Å². The molecule has 0 atom stereocenters. The van der Waals surface area contributed by atoms with Crippen LogP contribution < -0.4 is 4.90 Å². The summed E-state index contributed by atoms with van der Waals surface area (Å²) in [5.41, 5.74) is 7.87. The molecule has 1 heterocycles. The third-order valence-electron chi connectivity index (χ3n) is 4.14. The smallest absolute Gasteiger partial charge is 0.0497 e. The lowest BCUT2D eigenvalue weighted by Crippen LogP contribution is -2.18. The Morgan fingerprint density at radius 3 is 1.76 bits per heavy atom. The Balaban J connectivity index is 1.95. The number of aryl methyl sites for hydroxylation is 1. The monoisotopic (exact) mass is 271 g/mol. The number of fused-ring (bicyclic) bond motifs is 2. The predicted molar refractivity (Wildman–Crippen MR) is 88.7 cm³/mol. The van der Waals surface area contributed by atoms with E-state index in [2.05, 4.69) is 84.6 Å². The molecule has 3 aromatic carbocycles. The lowest BCUT2D eigenvalue weighted by atomic mass is 9.95. The maximum atomic E-state index is 2.37. The summed E-state index contributed by atoms with van der Waals surface area (Å²) in [5, 5.41) is 0. The molecule has 0 amide bonds. The summed E-state index contributed by atoms with van der Waals surface area (Å²) in [6.07, 6.45) is 1.01. The molecular formula is C20H17N. The summed E-state index contributed by atoms with van der Waals surface area (Å²) in [4.78, 5) is 2.37. The average molecular weight is 271 g/mol. The molecule has 0 unspecified atom stereocenters. The van der Waals surface area contributed by atoms with Gasteiger partial charge in [-0.2, -0.15) is 0 Å². The van der Waals surface area contributed by atoms with Crippen LogP contribution in [0.5, 0.6) is 0 Å². The van der Waals surface area contributed by atoms with Gasteiger partial charge < -0.3 is 4.90 Å². The molecule has 0 fully saturated rings. The van der Waals surface area contributed by atoms with Crippen molar-refractivity contribution in [2.45, 2.75) is 13.3 Å². The van der Waals surface area contributed by atoms with Gasteiger partial charge in [-0.1, -0.05) is 54.1 Å². The van der Waals surface area contributed by atoms with Crippen LogP contribution in [0.1, 0.15) is 16.7 Å². The Hall–Kier alpha value is -2.54. The van der Waals surface area contributed by atoms with E-state index in [0.29, 0.717) is 0 Å². The number of hydrogen-bond acceptors (Lipinski definition) is 1. The van der Waals surface area contributed by atoms with Gasteiger partial charge in [0.25, 0.3) is 0 Å². The standard InChI is InChI=1S/C20H17N/c1-15-10-12-18(13-11-15)21-19-8-4-2-6-16(19)14-17-7-3-5-9-20(17)21/h2-13H,14H2,1H3. The molecule has 3 aromatic rings. The van der Waals surface area contributed by atoms with E-state index in [9.17, 15) is 0 Å². The normalized spacial score (nSPS) is 12.7. The van der Waals surface area contributed by atoms with Crippen LogP contribution in [0.4, 0.5) is 17.1 Å². The van der Waals surface area contributed by atoms with Crippen LogP contribution in [-0.4, -0.2) is 0 Å². The Morgan fingerprint density at radius 2 is 1.19 bits per heavy atom. The zero-order chi connectivity index (χ0) is 14.2. The minimum absolute atomic E-state index is 1.01. The Morgan fingerprint density at radius 1 is 0.667 bits per heavy atom. The molecule has 21 heavy (non-hydrogen) atoms. The number of benzene rings is 3. The maximum Gasteiger partial charge on any atom is 0.0497 e. The molecule has 1 aliphatic heterocycles. The van der Waals surface area contributed by atoms with Gasteiger partial charge in [0.1, 0.15) is 0 Å². The minimum atomic E-state index is 1.01. The molecule has 1 nitrogen and oxygen atoms in total. The van der Waals surface area contributed by atoms with E-state index >= 15 is 0 Å². The van der Waals surface area contributed by atoms with Crippen molar-refractivity contribution >= 4 is 17.1 Å². The second-order valence-corrected chi connectivity index (χ2v) is 5.61. The first-order valence-corrected chi connectivity index (χ1v) is 7.35. The number of anilines is 3. The molecule has 0 saturated carbocycles. The number of nitrogens with zero attached hydrogens (tertiary/aromatic N) is 1. The fourth-order valence-electron chi connectivity index (χ4n) is 3.06. The first-order chi connectivity index (χ1) is 10.3. The van der Waals surface area contributed by atoms with Gasteiger partial charge in [-0.3, -0.25) is 0 Å². The van der Waals surface area contributed by atoms with Crippen molar-refractivity contribution in [2.24, 2.45) is 0 Å². The van der Waals surface area contributed by atoms with Crippen LogP contribution in [0.25, 0.3) is 0 Å². The van der Waals surface area contributed by atoms with Crippen molar-refractivity contribution in [1.82, 2.24) is 0 Å². The summed E-state index contributed by atoms with van der Waals surface area (Å²) < 4.78 is 0. The number of hydrogen-bond donors (Lipinski definition) is 0. The van der Waals surface area contributed by atoms with E-state index in [1.807, 2.05) is 0 Å². The fraction of sp³-hybridized carbons (Fsp3) is 0.100. The summed E-state index contributed by atoms with van der Waals surface area (Å²) in [6.45, 7) is 2.13. The first-order valence-electron chi connectivity index (χ1n) is 7.35. The lowest BCUT2D eigenvalue weighted by Gasteiger charge is -2.33. The van der Waals surface area contributed by atoms with Gasteiger partial charge in [0, 0.05) is 23.5 Å². The quantitative estimate of drug-likeness (QED) is 0.450. The van der Waals surface area contributed by atoms with Crippen molar-refractivity contribution in [3.05, 3.63) is 89.5 Å². The van der Waals surface area contributed by atoms with Gasteiger partial charge in [0.2, 0.25) is 0 Å². The number of para-hydroxylation sites is 2. The van der Waals surface area contributed by atoms with Crippen LogP contribution in [0.3, 0.4) is 0 Å². The van der Waals surface area contributed by atoms with Gasteiger partial charge >= 0.3 is 0 Å². The Bertz CT molecular complexity index is 741. The van der Waals surface area contributed by atoms with Crippen LogP contribution in [0, 0.1) is 6.92 Å². The fourth-order valence-corrected chi connectivity index (χ4v) is 3.06. The topological polar surface area (TPSA) is 3.24 Å². The summed E-state index contributed by atoms with van der Waals surface area (Å²) >= 11 is 0. The molecule has 4 rings (SSSR count). The summed E-state index contributed by atoms with van der Waals surface area (Å²) in [7, 11) is 0. The van der Waals surface area contributed by atoms with Crippen molar-refractivity contribution < 1.29 is 0 Å². The zero-order valence-electron chi connectivity index (χ0n) is 12.1. The minimum Gasteiger partial charge on any atom is -0.310 e. The maximum absolute atomic E-state index is 2.37. The van der Waals surface area contributed by atoms with Gasteiger partial charge in [0.15, 0.2) is 0 Å². The van der Waals surface area contributed by atoms with E-state index in [1.165, 1.54) is 33.8 Å². The highest BCUT2D eigenvalue weighted by Gasteiger charge is 2.22. The van der Waals surface area contributed by atoms with E-state index in [0.717, 1.165) is 6.42 Å². The molecule has 0 aliphatic carbocycles. The molecule has 0 N–H and O–H groups in total. The highest BCUT2D eigenvalue weighted by Crippen LogP contribution is 2.43. The van der Waals surface area contributed by atoms with Crippen LogP contribution in [-0.2, 0) is 6.42 Å². The third kappa shape index (κ3) is 2.02. The van der Waals surface area contributed by atoms with Gasteiger partial charge in [-0.25, -0.2) is 0 Å². The van der Waals surface area contributed by atoms with E-state index in [4.69, 9.17) is 0 Å². The third-order valence-corrected chi connectivity index (χ3v) is 4.14. The van der Waals surface area contributed by atoms with Gasteiger partial charge in [-0.05, 0) is 42.3 Å². The molecule has 0 saturated heterocycles. The lowest BCUT2D eigenvalue weighted by molar-refractivity contribution is 1.09. The molecule has 1 heteroatoms. The average Bonchev–Trinajstić information content (AvgIpc) is 2.53. The molecule has 0 radical (unpaired) electrons. The Labute approximate surface area is 125 Å². The highest BCUT2D eigenvalue weighted by molar-refractivity contribution is 5.83. The molecule has 1 aliphatic rings. The molecule has 0 bridgehead atoms. The zero-order valence-corrected chi connectivity index (χ0v) is 12.1. The molecule has 0 aromatic heterocycles. The second-order valence-electron chi connectivity index (χ2n) is 5.61. The van der Waals surface area contributed by atoms with Crippen molar-refractivity contribution in [1.29, 1.82) is 0 Å². The molecule has 0 spiro atoms. The van der Waals surface area contributed by atoms with Gasteiger partial charge in [0.05, 0.1) is 0 Å². The van der Waals surface area contributed by atoms with E-state index < -0.39 is 0 Å². The summed E-state index contributed by atoms with van der Waals surface area (Å²) in [6, 6.07) is 26.1. The first kappa shape index (κ1) is 12.2. The van der Waals surface area contributed by atoms with Crippen LogP contribution in [0.2, 0.25) is 0 Å². The SMILES string of the molecule is Cc1ccc(N2c3ccccc3Cc3ccccc32)cc1. The van der Waals surface area contributed by atoms with E-state index in [-0.39, 0.29) is 0 Å². The van der Waals surface area contributed by atoms with Crippen LogP contribution >= 0.6 is 0 Å². The Kier molecular flexibility index (Phi) is 2.78.